The minimum Gasteiger partial charge on any atom is -0.388 e. The first-order valence-electron chi connectivity index (χ1n) is 16.3. The Morgan fingerprint density at radius 2 is 1.47 bits per heavy atom. The Hall–Kier alpha value is -3.68. The Morgan fingerprint density at radius 3 is 1.91 bits per heavy atom. The standard InChI is InChI=1S/C24H25NO2.C10H22.C3H4.C2H6O.C2H4/c1-5-16(6-2)21(7-3)25-15(4)22-23(26)19-13-17-11-9-8-10-12-18(17)14-20(19)24(22)27;1-3-5-7-9-10-8-6-4-2;2*1-3-2;1-2/h5-11,13-15,22,25H,1,12H2,2-4H3;3-10H2,1-2H3;1H,2H3;1-2H3;1-2H2/b16-6-,21-7+;;;;. The molecule has 2 aliphatic carbocycles. The number of methoxy groups -OCH3 is 1. The number of ether oxygens (including phenoxy) is 1. The van der Waals surface area contributed by atoms with E-state index in [9.17, 15) is 9.59 Å². The third kappa shape index (κ3) is 15.7. The molecule has 1 N–H and O–H groups in total. The normalized spacial score (nSPS) is 15.0. The van der Waals surface area contributed by atoms with Crippen molar-refractivity contribution in [2.45, 2.75) is 105 Å². The number of benzene rings is 1. The summed E-state index contributed by atoms with van der Waals surface area (Å²) in [5.74, 6) is 1.36. The third-order valence-electron chi connectivity index (χ3n) is 7.21. The number of carbonyl (C=O) groups excluding carboxylic acids is 2. The van der Waals surface area contributed by atoms with Crippen LogP contribution in [-0.4, -0.2) is 31.8 Å². The molecule has 0 bridgehead atoms. The molecular formula is C41H61NO3. The zero-order valence-electron chi connectivity index (χ0n) is 29.6. The average Bonchev–Trinajstić information content (AvgIpc) is 3.16. The highest BCUT2D eigenvalue weighted by atomic mass is 16.4. The number of hydrogen-bond donors (Lipinski definition) is 1. The zero-order valence-corrected chi connectivity index (χ0v) is 29.6. The molecule has 0 aliphatic heterocycles. The molecule has 248 valence electrons. The highest BCUT2D eigenvalue weighted by molar-refractivity contribution is 6.27. The van der Waals surface area contributed by atoms with E-state index in [0.717, 1.165) is 28.8 Å². The molecule has 0 spiro atoms. The van der Waals surface area contributed by atoms with Gasteiger partial charge in [0.25, 0.3) is 0 Å². The van der Waals surface area contributed by atoms with Crippen LogP contribution in [-0.2, 0) is 11.2 Å². The smallest absolute Gasteiger partial charge is 0.176 e. The molecule has 2 unspecified atom stereocenters. The van der Waals surface area contributed by atoms with Crippen LogP contribution in [0.4, 0.5) is 0 Å². The van der Waals surface area contributed by atoms with Crippen LogP contribution >= 0.6 is 0 Å². The maximum atomic E-state index is 13.0. The average molecular weight is 616 g/mol. The van der Waals surface area contributed by atoms with Gasteiger partial charge in [0.15, 0.2) is 11.6 Å². The molecule has 0 fully saturated rings. The highest BCUT2D eigenvalue weighted by Crippen LogP contribution is 2.33. The van der Waals surface area contributed by atoms with Crippen molar-refractivity contribution in [2.75, 3.05) is 14.2 Å². The SMILES string of the molecule is C#CC.C=C.C=CC(=C/C)/C(=C\C)NC(C)C1C(=O)c2cc3c(cc2C1=O)CC=CC=C3.CCCCCCCCCC.COC. The predicted octanol–water partition coefficient (Wildman–Crippen LogP) is 10.7. The second-order valence-corrected chi connectivity index (χ2v) is 10.7. The van der Waals surface area contributed by atoms with Crippen LogP contribution in [0.15, 0.2) is 79.6 Å². The van der Waals surface area contributed by atoms with Crippen LogP contribution < -0.4 is 5.32 Å². The number of fused-ring (bicyclic) bond motifs is 2. The van der Waals surface area contributed by atoms with Crippen LogP contribution in [0.25, 0.3) is 6.08 Å². The van der Waals surface area contributed by atoms with E-state index in [1.165, 1.54) is 51.4 Å². The Kier molecular flexibility index (Phi) is 26.9. The van der Waals surface area contributed by atoms with Gasteiger partial charge in [-0.25, -0.2) is 0 Å². The van der Waals surface area contributed by atoms with Gasteiger partial charge in [0, 0.05) is 37.1 Å². The largest absolute Gasteiger partial charge is 0.388 e. The lowest BCUT2D eigenvalue weighted by Crippen LogP contribution is -2.39. The topological polar surface area (TPSA) is 55.4 Å². The van der Waals surface area contributed by atoms with Gasteiger partial charge < -0.3 is 10.1 Å². The number of Topliss-reactive ketones (excluding diaryl/α,β-unsaturated/α-hetero) is 2. The summed E-state index contributed by atoms with van der Waals surface area (Å²) in [5.41, 5.74) is 5.01. The van der Waals surface area contributed by atoms with Crippen LogP contribution in [0.1, 0.15) is 125 Å². The van der Waals surface area contributed by atoms with Crippen molar-refractivity contribution in [2.24, 2.45) is 5.92 Å². The maximum absolute atomic E-state index is 13.0. The second kappa shape index (κ2) is 27.8. The molecule has 0 amide bonds. The Bertz CT molecular complexity index is 1170. The quantitative estimate of drug-likeness (QED) is 0.0835. The molecule has 4 heteroatoms. The molecule has 0 saturated carbocycles. The number of hydrogen-bond acceptors (Lipinski definition) is 4. The van der Waals surface area contributed by atoms with E-state index in [1.807, 2.05) is 63.3 Å². The molecule has 0 aromatic heterocycles. The van der Waals surface area contributed by atoms with E-state index in [0.29, 0.717) is 11.1 Å². The van der Waals surface area contributed by atoms with Crippen LogP contribution in [0.3, 0.4) is 0 Å². The van der Waals surface area contributed by atoms with Crippen molar-refractivity contribution >= 4 is 17.6 Å². The summed E-state index contributed by atoms with van der Waals surface area (Å²) >= 11 is 0. The molecule has 1 aromatic rings. The van der Waals surface area contributed by atoms with Gasteiger partial charge >= 0.3 is 0 Å². The highest BCUT2D eigenvalue weighted by Gasteiger charge is 2.42. The van der Waals surface area contributed by atoms with Crippen LogP contribution in [0.5, 0.6) is 0 Å². The lowest BCUT2D eigenvalue weighted by atomic mass is 9.95. The lowest BCUT2D eigenvalue weighted by Gasteiger charge is -2.22. The molecule has 0 saturated heterocycles. The summed E-state index contributed by atoms with van der Waals surface area (Å²) in [7, 11) is 3.25. The number of nitrogens with one attached hydrogen (secondary N) is 1. The predicted molar refractivity (Wildman–Crippen MR) is 198 cm³/mol. The molecule has 0 radical (unpaired) electrons. The van der Waals surface area contributed by atoms with E-state index in [-0.39, 0.29) is 17.6 Å². The van der Waals surface area contributed by atoms with Gasteiger partial charge in [-0.05, 0) is 62.9 Å². The van der Waals surface area contributed by atoms with E-state index in [1.54, 1.807) is 27.2 Å². The minimum atomic E-state index is -0.705. The molecular weight excluding hydrogens is 554 g/mol. The number of terminal acetylenes is 1. The van der Waals surface area contributed by atoms with Gasteiger partial charge in [0.05, 0.1) is 0 Å². The Morgan fingerprint density at radius 1 is 0.978 bits per heavy atom. The lowest BCUT2D eigenvalue weighted by molar-refractivity contribution is 0.0813. The third-order valence-corrected chi connectivity index (χ3v) is 7.21. The summed E-state index contributed by atoms with van der Waals surface area (Å²) < 4.78 is 4.25. The molecule has 2 aliphatic rings. The fraction of sp³-hybridized carbons (Fsp3) is 0.463. The first kappa shape index (κ1) is 43.4. The summed E-state index contributed by atoms with van der Waals surface area (Å²) in [5, 5.41) is 3.34. The van der Waals surface area contributed by atoms with Crippen molar-refractivity contribution < 1.29 is 14.3 Å². The van der Waals surface area contributed by atoms with Crippen molar-refractivity contribution in [3.8, 4) is 12.3 Å². The molecule has 4 nitrogen and oxygen atoms in total. The Balaban J connectivity index is 0. The Labute approximate surface area is 276 Å². The van der Waals surface area contributed by atoms with E-state index in [4.69, 9.17) is 0 Å². The van der Waals surface area contributed by atoms with E-state index in [2.05, 4.69) is 62.1 Å². The second-order valence-electron chi connectivity index (χ2n) is 10.7. The van der Waals surface area contributed by atoms with E-state index >= 15 is 0 Å². The maximum Gasteiger partial charge on any atom is 0.176 e. The summed E-state index contributed by atoms with van der Waals surface area (Å²) in [6.45, 7) is 21.8. The summed E-state index contributed by atoms with van der Waals surface area (Å²) in [6, 6.07) is 3.46. The molecule has 2 atom stereocenters. The van der Waals surface area contributed by atoms with Crippen molar-refractivity contribution in [3.63, 3.8) is 0 Å². The number of unbranched alkanes of at least 4 members (excludes halogenated alkanes) is 7. The van der Waals surface area contributed by atoms with Gasteiger partial charge in [0.1, 0.15) is 5.92 Å². The van der Waals surface area contributed by atoms with Crippen molar-refractivity contribution in [3.05, 3.63) is 102 Å². The van der Waals surface area contributed by atoms with Crippen LogP contribution in [0, 0.1) is 18.3 Å². The molecule has 45 heavy (non-hydrogen) atoms. The van der Waals surface area contributed by atoms with Gasteiger partial charge in [-0.1, -0.05) is 114 Å². The summed E-state index contributed by atoms with van der Waals surface area (Å²) in [4.78, 5) is 26.1. The first-order chi connectivity index (χ1) is 21.8. The van der Waals surface area contributed by atoms with Gasteiger partial charge in [-0.3, -0.25) is 9.59 Å². The number of rotatable bonds is 12. The van der Waals surface area contributed by atoms with Crippen molar-refractivity contribution in [1.29, 1.82) is 0 Å². The van der Waals surface area contributed by atoms with Gasteiger partial charge in [-0.2, -0.15) is 0 Å². The monoisotopic (exact) mass is 615 g/mol. The van der Waals surface area contributed by atoms with E-state index < -0.39 is 5.92 Å². The van der Waals surface area contributed by atoms with Crippen LogP contribution in [0.2, 0.25) is 0 Å². The first-order valence-corrected chi connectivity index (χ1v) is 16.3. The zero-order chi connectivity index (χ0) is 34.6. The van der Waals surface area contributed by atoms with Gasteiger partial charge in [-0.15, -0.1) is 25.5 Å². The molecule has 1 aromatic carbocycles. The molecule has 0 heterocycles. The fourth-order valence-electron chi connectivity index (χ4n) is 4.99. The molecule has 3 rings (SSSR count). The number of allylic oxidation sites excluding steroid dienone is 6. The summed E-state index contributed by atoms with van der Waals surface area (Å²) in [6.07, 6.45) is 30.5. The number of carbonyl (C=O) groups is 2. The number of ketones is 2. The van der Waals surface area contributed by atoms with Gasteiger partial charge in [0.2, 0.25) is 0 Å². The van der Waals surface area contributed by atoms with Crippen molar-refractivity contribution in [1.82, 2.24) is 5.32 Å². The minimum absolute atomic E-state index is 0.0916. The fourth-order valence-corrected chi connectivity index (χ4v) is 4.99.